The van der Waals surface area contributed by atoms with E-state index in [9.17, 15) is 4.79 Å². The highest BCUT2D eigenvalue weighted by Crippen LogP contribution is 2.11. The number of hydrogen-bond donors (Lipinski definition) is 1. The van der Waals surface area contributed by atoms with E-state index in [-0.39, 0.29) is 5.91 Å². The van der Waals surface area contributed by atoms with Crippen molar-refractivity contribution in [2.75, 3.05) is 85.6 Å². The fourth-order valence-corrected chi connectivity index (χ4v) is 3.66. The number of ether oxygens (including phenoxy) is 6. The van der Waals surface area contributed by atoms with Gasteiger partial charge in [-0.05, 0) is 64.6 Å². The number of carbonyl (C=O) groups excluding carboxylic acids is 1. The molecule has 0 aliphatic carbocycles. The summed E-state index contributed by atoms with van der Waals surface area (Å²) in [5, 5.41) is 3.04. The van der Waals surface area contributed by atoms with Gasteiger partial charge >= 0.3 is 0 Å². The first-order valence-corrected chi connectivity index (χ1v) is 13.4. The lowest BCUT2D eigenvalue weighted by atomic mass is 10.2. The van der Waals surface area contributed by atoms with E-state index in [1.54, 1.807) is 0 Å². The zero-order valence-corrected chi connectivity index (χ0v) is 20.9. The third kappa shape index (κ3) is 16.0. The molecular weight excluding hydrogens is 440 g/mol. The van der Waals surface area contributed by atoms with E-state index in [1.165, 1.54) is 0 Å². The first-order valence-electron chi connectivity index (χ1n) is 13.4. The minimum absolute atomic E-state index is 0.152. The van der Waals surface area contributed by atoms with Crippen molar-refractivity contribution in [3.63, 3.8) is 0 Å². The van der Waals surface area contributed by atoms with Crippen molar-refractivity contribution in [3.05, 3.63) is 0 Å². The van der Waals surface area contributed by atoms with Gasteiger partial charge in [0.2, 0.25) is 5.91 Å². The highest BCUT2D eigenvalue weighted by atomic mass is 16.6. The highest BCUT2D eigenvalue weighted by Gasteiger charge is 2.23. The topological polar surface area (TPSA) is 97.6 Å². The van der Waals surface area contributed by atoms with Crippen LogP contribution < -0.4 is 5.32 Å². The van der Waals surface area contributed by atoms with Crippen LogP contribution in [0.3, 0.4) is 0 Å². The van der Waals surface area contributed by atoms with Crippen LogP contribution in [0.1, 0.15) is 51.4 Å². The summed E-state index contributed by atoms with van der Waals surface area (Å²) >= 11 is 0. The molecule has 9 nitrogen and oxygen atoms in total. The molecule has 0 radical (unpaired) electrons. The van der Waals surface area contributed by atoms with E-state index in [0.29, 0.717) is 31.3 Å². The highest BCUT2D eigenvalue weighted by molar-refractivity contribution is 5.75. The van der Waals surface area contributed by atoms with Gasteiger partial charge in [-0.1, -0.05) is 0 Å². The van der Waals surface area contributed by atoms with E-state index in [0.717, 1.165) is 124 Å². The van der Waals surface area contributed by atoms with Gasteiger partial charge in [0.15, 0.2) is 0 Å². The Kier molecular flexibility index (Phi) is 14.4. The molecule has 3 fully saturated rings. The van der Waals surface area contributed by atoms with Crippen molar-refractivity contribution in [1.82, 2.24) is 10.2 Å². The third-order valence-corrected chi connectivity index (χ3v) is 6.06. The Bertz CT molecular complexity index is 503. The summed E-state index contributed by atoms with van der Waals surface area (Å²) in [4.78, 5) is 14.7. The minimum Gasteiger partial charge on any atom is -0.379 e. The van der Waals surface area contributed by atoms with Crippen LogP contribution >= 0.6 is 0 Å². The van der Waals surface area contributed by atoms with Gasteiger partial charge in [0.1, 0.15) is 18.3 Å². The second-order valence-electron chi connectivity index (χ2n) is 9.51. The van der Waals surface area contributed by atoms with Gasteiger partial charge in [0.25, 0.3) is 0 Å². The number of nitrogens with one attached hydrogen (secondary N) is 1. The largest absolute Gasteiger partial charge is 0.379 e. The Labute approximate surface area is 205 Å². The van der Waals surface area contributed by atoms with Crippen LogP contribution in [0.15, 0.2) is 0 Å². The average Bonchev–Trinajstić information content (AvgIpc) is 3.68. The van der Waals surface area contributed by atoms with E-state index in [4.69, 9.17) is 28.4 Å². The standard InChI is InChI=1S/C25H46N2O7/c28-25(26-9-1-4-13-29-16-22-19-32-22)8-7-12-27(10-2-5-14-30-17-23-20-33-23)11-3-6-15-31-18-24-21-34-24/h22-24H,1-21H2,(H,26,28). The monoisotopic (exact) mass is 486 g/mol. The van der Waals surface area contributed by atoms with Gasteiger partial charge in [-0.25, -0.2) is 0 Å². The molecule has 198 valence electrons. The van der Waals surface area contributed by atoms with E-state index < -0.39 is 0 Å². The molecule has 0 spiro atoms. The number of unbranched alkanes of at least 4 members (excludes halogenated alkanes) is 3. The summed E-state index contributed by atoms with van der Waals surface area (Å²) in [5.41, 5.74) is 0. The predicted molar refractivity (Wildman–Crippen MR) is 128 cm³/mol. The minimum atomic E-state index is 0.152. The number of epoxide rings is 3. The number of rotatable bonds is 25. The Morgan fingerprint density at radius 2 is 1.12 bits per heavy atom. The van der Waals surface area contributed by atoms with Crippen LogP contribution in [0, 0.1) is 0 Å². The van der Waals surface area contributed by atoms with Gasteiger partial charge in [-0.15, -0.1) is 0 Å². The number of amides is 1. The quantitative estimate of drug-likeness (QED) is 0.154. The van der Waals surface area contributed by atoms with Crippen LogP contribution in [0.2, 0.25) is 0 Å². The van der Waals surface area contributed by atoms with Gasteiger partial charge in [0.05, 0.1) is 39.6 Å². The summed E-state index contributed by atoms with van der Waals surface area (Å²) < 4.78 is 32.3. The Hall–Kier alpha value is -0.810. The van der Waals surface area contributed by atoms with Crippen LogP contribution in [0.4, 0.5) is 0 Å². The summed E-state index contributed by atoms with van der Waals surface area (Å²) in [6, 6.07) is 0. The fourth-order valence-electron chi connectivity index (χ4n) is 3.66. The molecule has 3 saturated heterocycles. The van der Waals surface area contributed by atoms with Gasteiger partial charge < -0.3 is 38.6 Å². The molecule has 3 rings (SSSR count). The van der Waals surface area contributed by atoms with Crippen molar-refractivity contribution in [2.24, 2.45) is 0 Å². The molecule has 3 heterocycles. The molecule has 0 bridgehead atoms. The lowest BCUT2D eigenvalue weighted by Gasteiger charge is -2.22. The molecule has 9 heteroatoms. The molecule has 3 atom stereocenters. The first kappa shape index (κ1) is 27.8. The summed E-state index contributed by atoms with van der Waals surface area (Å²) in [7, 11) is 0. The zero-order chi connectivity index (χ0) is 23.7. The smallest absolute Gasteiger partial charge is 0.220 e. The first-order chi connectivity index (χ1) is 16.8. The van der Waals surface area contributed by atoms with E-state index >= 15 is 0 Å². The van der Waals surface area contributed by atoms with Gasteiger partial charge in [-0.3, -0.25) is 4.79 Å². The van der Waals surface area contributed by atoms with E-state index in [2.05, 4.69) is 10.2 Å². The Balaban J connectivity index is 1.16. The molecule has 34 heavy (non-hydrogen) atoms. The lowest BCUT2D eigenvalue weighted by Crippen LogP contribution is -2.30. The second-order valence-corrected chi connectivity index (χ2v) is 9.51. The van der Waals surface area contributed by atoms with Crippen molar-refractivity contribution in [3.8, 4) is 0 Å². The molecule has 0 aromatic heterocycles. The summed E-state index contributed by atoms with van der Waals surface area (Å²) in [6.45, 7) is 10.8. The molecule has 3 unspecified atom stereocenters. The van der Waals surface area contributed by atoms with Crippen LogP contribution in [0.25, 0.3) is 0 Å². The SMILES string of the molecule is O=C(CCCN(CCCCOCC1CO1)CCCCOCC1CO1)NCCCCOCC1CO1. The summed E-state index contributed by atoms with van der Waals surface area (Å²) in [6.07, 6.45) is 8.75. The molecule has 1 N–H and O–H groups in total. The Morgan fingerprint density at radius 1 is 0.676 bits per heavy atom. The fraction of sp³-hybridized carbons (Fsp3) is 0.960. The summed E-state index contributed by atoms with van der Waals surface area (Å²) in [5.74, 6) is 0.152. The van der Waals surface area contributed by atoms with Crippen LogP contribution in [0.5, 0.6) is 0 Å². The lowest BCUT2D eigenvalue weighted by molar-refractivity contribution is -0.121. The molecular formula is C25H46N2O7. The van der Waals surface area contributed by atoms with Crippen molar-refractivity contribution in [2.45, 2.75) is 69.7 Å². The van der Waals surface area contributed by atoms with Crippen molar-refractivity contribution in [1.29, 1.82) is 0 Å². The van der Waals surface area contributed by atoms with Crippen LogP contribution in [-0.4, -0.2) is 115 Å². The average molecular weight is 487 g/mol. The maximum atomic E-state index is 12.2. The number of hydrogen-bond acceptors (Lipinski definition) is 8. The number of nitrogens with zero attached hydrogens (tertiary/aromatic N) is 1. The molecule has 1 amide bonds. The Morgan fingerprint density at radius 3 is 1.59 bits per heavy atom. The third-order valence-electron chi connectivity index (χ3n) is 6.06. The molecule has 0 aromatic carbocycles. The van der Waals surface area contributed by atoms with Crippen molar-refractivity contribution >= 4 is 5.91 Å². The van der Waals surface area contributed by atoms with Crippen molar-refractivity contribution < 1.29 is 33.2 Å². The van der Waals surface area contributed by atoms with Crippen LogP contribution in [-0.2, 0) is 33.2 Å². The normalized spacial score (nSPS) is 22.8. The molecule has 0 saturated carbocycles. The van der Waals surface area contributed by atoms with Gasteiger partial charge in [0, 0.05) is 32.8 Å². The maximum absolute atomic E-state index is 12.2. The molecule has 3 aliphatic rings. The predicted octanol–water partition coefficient (Wildman–Crippen LogP) is 1.77. The zero-order valence-electron chi connectivity index (χ0n) is 20.9. The second kappa shape index (κ2) is 17.6. The molecule has 0 aromatic rings. The van der Waals surface area contributed by atoms with Gasteiger partial charge in [-0.2, -0.15) is 0 Å². The number of carbonyl (C=O) groups is 1. The molecule has 3 aliphatic heterocycles. The maximum Gasteiger partial charge on any atom is 0.220 e. The van der Waals surface area contributed by atoms with E-state index in [1.807, 2.05) is 0 Å².